The lowest BCUT2D eigenvalue weighted by atomic mass is 10.1. The first-order chi connectivity index (χ1) is 9.08. The molecule has 3 rings (SSSR count). The van der Waals surface area contributed by atoms with Gasteiger partial charge in [0.1, 0.15) is 0 Å². The van der Waals surface area contributed by atoms with Gasteiger partial charge in [0, 0.05) is 33.3 Å². The summed E-state index contributed by atoms with van der Waals surface area (Å²) in [6, 6.07) is 9.36. The monoisotopic (exact) mass is 274 g/mol. The van der Waals surface area contributed by atoms with Crippen molar-refractivity contribution in [2.24, 2.45) is 0 Å². The summed E-state index contributed by atoms with van der Waals surface area (Å²) in [5.74, 6) is 0. The predicted octanol–water partition coefficient (Wildman–Crippen LogP) is 3.24. The third-order valence-corrected chi connectivity index (χ3v) is 3.30. The number of halogens is 1. The van der Waals surface area contributed by atoms with Gasteiger partial charge in [-0.3, -0.25) is 14.9 Å². The van der Waals surface area contributed by atoms with Gasteiger partial charge < -0.3 is 4.98 Å². The highest BCUT2D eigenvalue weighted by Crippen LogP contribution is 2.29. The van der Waals surface area contributed by atoms with Gasteiger partial charge in [-0.05, 0) is 18.2 Å². The molecule has 0 aliphatic rings. The van der Waals surface area contributed by atoms with Gasteiger partial charge in [0.25, 0.3) is 11.2 Å². The molecule has 0 aliphatic carbocycles. The van der Waals surface area contributed by atoms with Crippen LogP contribution in [0.4, 0.5) is 5.69 Å². The Morgan fingerprint density at radius 2 is 1.95 bits per heavy atom. The van der Waals surface area contributed by atoms with E-state index in [1.165, 1.54) is 12.1 Å². The van der Waals surface area contributed by atoms with Crippen LogP contribution in [0.2, 0.25) is 5.02 Å². The second-order valence-corrected chi connectivity index (χ2v) is 4.51. The van der Waals surface area contributed by atoms with Gasteiger partial charge in [-0.15, -0.1) is 0 Å². The topological polar surface area (TPSA) is 76.0 Å². The molecule has 0 atom stereocenters. The van der Waals surface area contributed by atoms with E-state index in [0.717, 1.165) is 0 Å². The minimum atomic E-state index is -0.505. The van der Waals surface area contributed by atoms with Gasteiger partial charge in [-0.2, -0.15) is 0 Å². The number of nitro groups is 1. The third-order valence-electron chi connectivity index (χ3n) is 2.99. The number of rotatable bonds is 1. The van der Waals surface area contributed by atoms with Gasteiger partial charge in [0.2, 0.25) is 0 Å². The first-order valence-electron chi connectivity index (χ1n) is 5.46. The molecule has 0 radical (unpaired) electrons. The zero-order valence-electron chi connectivity index (χ0n) is 9.51. The fourth-order valence-electron chi connectivity index (χ4n) is 2.14. The molecule has 0 spiro atoms. The molecule has 0 saturated heterocycles. The molecule has 5 nitrogen and oxygen atoms in total. The smallest absolute Gasteiger partial charge is 0.271 e. The van der Waals surface area contributed by atoms with Gasteiger partial charge in [-0.1, -0.05) is 17.7 Å². The number of aromatic amines is 1. The van der Waals surface area contributed by atoms with Crippen LogP contribution in [0, 0.1) is 10.1 Å². The van der Waals surface area contributed by atoms with Crippen LogP contribution in [0.1, 0.15) is 0 Å². The molecule has 1 heterocycles. The molecule has 94 valence electrons. The number of hydrogen-bond acceptors (Lipinski definition) is 3. The van der Waals surface area contributed by atoms with E-state index in [2.05, 4.69) is 4.98 Å². The molecule has 0 saturated carbocycles. The van der Waals surface area contributed by atoms with E-state index in [-0.39, 0.29) is 11.2 Å². The number of nitrogens with zero attached hydrogens (tertiary/aromatic N) is 1. The van der Waals surface area contributed by atoms with E-state index in [1.54, 1.807) is 24.3 Å². The van der Waals surface area contributed by atoms with Crippen molar-refractivity contribution in [3.63, 3.8) is 0 Å². The summed E-state index contributed by atoms with van der Waals surface area (Å²) in [4.78, 5) is 24.8. The Morgan fingerprint density at radius 1 is 1.16 bits per heavy atom. The summed E-state index contributed by atoms with van der Waals surface area (Å²) in [7, 11) is 0. The zero-order chi connectivity index (χ0) is 13.6. The summed E-state index contributed by atoms with van der Waals surface area (Å²) in [6.45, 7) is 0. The number of benzene rings is 2. The third kappa shape index (κ3) is 1.75. The number of hydrogen-bond donors (Lipinski definition) is 1. The number of aromatic nitrogens is 1. The standard InChI is InChI=1S/C13H7ClN2O3/c14-10-3-1-2-9-12(10)8-5-4-7(16(18)19)6-11(8)15-13(9)17/h1-6H,(H,15,17). The Morgan fingerprint density at radius 3 is 2.68 bits per heavy atom. The quantitative estimate of drug-likeness (QED) is 0.420. The van der Waals surface area contributed by atoms with E-state index in [1.807, 2.05) is 0 Å². The SMILES string of the molecule is O=c1[nH]c2cc([N+](=O)[O-])ccc2c2c(Cl)cccc12. The largest absolute Gasteiger partial charge is 0.321 e. The molecule has 6 heteroatoms. The van der Waals surface area contributed by atoms with E-state index >= 15 is 0 Å². The van der Waals surface area contributed by atoms with Crippen LogP contribution < -0.4 is 5.56 Å². The highest BCUT2D eigenvalue weighted by molar-refractivity contribution is 6.37. The number of H-pyrrole nitrogens is 1. The average Bonchev–Trinajstić information content (AvgIpc) is 2.38. The second kappa shape index (κ2) is 4.07. The lowest BCUT2D eigenvalue weighted by molar-refractivity contribution is -0.384. The average molecular weight is 275 g/mol. The van der Waals surface area contributed by atoms with Crippen molar-refractivity contribution < 1.29 is 4.92 Å². The van der Waals surface area contributed by atoms with Crippen molar-refractivity contribution in [2.75, 3.05) is 0 Å². The van der Waals surface area contributed by atoms with Crippen LogP contribution in [0.25, 0.3) is 21.7 Å². The maximum absolute atomic E-state index is 11.9. The number of pyridine rings is 1. The summed E-state index contributed by atoms with van der Waals surface area (Å²) in [5.41, 5.74) is 0.0138. The molecule has 2 aromatic carbocycles. The van der Waals surface area contributed by atoms with E-state index < -0.39 is 4.92 Å². The number of fused-ring (bicyclic) bond motifs is 3. The van der Waals surface area contributed by atoms with Crippen molar-refractivity contribution in [3.05, 3.63) is 61.9 Å². The first-order valence-corrected chi connectivity index (χ1v) is 5.84. The Kier molecular flexibility index (Phi) is 2.50. The Labute approximate surface area is 111 Å². The molecule has 1 N–H and O–H groups in total. The van der Waals surface area contributed by atoms with Crippen molar-refractivity contribution in [1.82, 2.24) is 4.98 Å². The molecular formula is C13H7ClN2O3. The van der Waals surface area contributed by atoms with Gasteiger partial charge in [0.05, 0.1) is 10.4 Å². The normalized spacial score (nSPS) is 11.0. The molecule has 1 aromatic heterocycles. The Bertz CT molecular complexity index is 886. The number of non-ortho nitro benzene ring substituents is 1. The van der Waals surface area contributed by atoms with Crippen LogP contribution in [0.5, 0.6) is 0 Å². The molecule has 0 amide bonds. The molecule has 0 bridgehead atoms. The van der Waals surface area contributed by atoms with Crippen LogP contribution in [-0.4, -0.2) is 9.91 Å². The fourth-order valence-corrected chi connectivity index (χ4v) is 2.42. The van der Waals surface area contributed by atoms with Crippen LogP contribution in [0.15, 0.2) is 41.2 Å². The highest BCUT2D eigenvalue weighted by Gasteiger charge is 2.12. The summed E-state index contributed by atoms with van der Waals surface area (Å²) < 4.78 is 0. The van der Waals surface area contributed by atoms with E-state index in [9.17, 15) is 14.9 Å². The second-order valence-electron chi connectivity index (χ2n) is 4.10. The Balaban J connectivity index is 2.55. The highest BCUT2D eigenvalue weighted by atomic mass is 35.5. The van der Waals surface area contributed by atoms with Crippen molar-refractivity contribution in [2.45, 2.75) is 0 Å². The van der Waals surface area contributed by atoms with Crippen LogP contribution in [-0.2, 0) is 0 Å². The summed E-state index contributed by atoms with van der Waals surface area (Å²) in [5, 5.41) is 13.0. The summed E-state index contributed by atoms with van der Waals surface area (Å²) in [6.07, 6.45) is 0. The summed E-state index contributed by atoms with van der Waals surface area (Å²) >= 11 is 6.12. The molecule has 19 heavy (non-hydrogen) atoms. The van der Waals surface area contributed by atoms with E-state index in [0.29, 0.717) is 26.7 Å². The van der Waals surface area contributed by atoms with Crippen molar-refractivity contribution in [1.29, 1.82) is 0 Å². The number of nitrogens with one attached hydrogen (secondary N) is 1. The zero-order valence-corrected chi connectivity index (χ0v) is 10.3. The maximum Gasteiger partial charge on any atom is 0.271 e. The molecule has 0 fully saturated rings. The molecule has 0 aliphatic heterocycles. The molecular weight excluding hydrogens is 268 g/mol. The molecule has 0 unspecified atom stereocenters. The van der Waals surface area contributed by atoms with Crippen molar-refractivity contribution in [3.8, 4) is 0 Å². The minimum Gasteiger partial charge on any atom is -0.321 e. The first kappa shape index (κ1) is 11.7. The lowest BCUT2D eigenvalue weighted by Crippen LogP contribution is -2.06. The van der Waals surface area contributed by atoms with E-state index in [4.69, 9.17) is 11.6 Å². The number of nitro benzene ring substituents is 1. The Hall–Kier alpha value is -2.40. The van der Waals surface area contributed by atoms with Crippen LogP contribution >= 0.6 is 11.6 Å². The fraction of sp³-hybridized carbons (Fsp3) is 0. The predicted molar refractivity (Wildman–Crippen MR) is 73.7 cm³/mol. The van der Waals surface area contributed by atoms with Crippen molar-refractivity contribution >= 4 is 39.0 Å². The lowest BCUT2D eigenvalue weighted by Gasteiger charge is -2.05. The molecule has 3 aromatic rings. The maximum atomic E-state index is 11.9. The van der Waals surface area contributed by atoms with Gasteiger partial charge in [-0.25, -0.2) is 0 Å². The minimum absolute atomic E-state index is 0.0745. The van der Waals surface area contributed by atoms with Crippen LogP contribution in [0.3, 0.4) is 0 Å². The van der Waals surface area contributed by atoms with Gasteiger partial charge in [0.15, 0.2) is 0 Å². The van der Waals surface area contributed by atoms with Gasteiger partial charge >= 0.3 is 0 Å².